The van der Waals surface area contributed by atoms with E-state index in [1.165, 1.54) is 5.56 Å². The van der Waals surface area contributed by atoms with Crippen LogP contribution in [0.4, 0.5) is 0 Å². The van der Waals surface area contributed by atoms with Gasteiger partial charge in [0.2, 0.25) is 5.91 Å². The molecule has 1 fully saturated rings. The van der Waals surface area contributed by atoms with Gasteiger partial charge in [-0.25, -0.2) is 0 Å². The normalized spacial score (nSPS) is 22.6. The molecule has 0 radical (unpaired) electrons. The van der Waals surface area contributed by atoms with Gasteiger partial charge in [-0.3, -0.25) is 9.69 Å². The molecule has 4 nitrogen and oxygen atoms in total. The summed E-state index contributed by atoms with van der Waals surface area (Å²) < 4.78 is 1.07. The number of likely N-dealkylation sites (tertiary alicyclic amines) is 1. The quantitative estimate of drug-likeness (QED) is 0.872. The molecule has 0 aliphatic carbocycles. The number of hydrogen-bond donors (Lipinski definition) is 2. The summed E-state index contributed by atoms with van der Waals surface area (Å²) in [5.41, 5.74) is 7.45. The van der Waals surface area contributed by atoms with Gasteiger partial charge >= 0.3 is 0 Å². The van der Waals surface area contributed by atoms with Gasteiger partial charge in [0.15, 0.2) is 0 Å². The molecule has 116 valence electrons. The minimum Gasteiger partial charge on any atom is -0.359 e. The summed E-state index contributed by atoms with van der Waals surface area (Å²) >= 11 is 3.47. The maximum atomic E-state index is 11.9. The molecule has 5 heteroatoms. The zero-order chi connectivity index (χ0) is 15.4. The Kier molecular flexibility index (Phi) is 5.79. The molecule has 0 bridgehead atoms. The molecular weight excluding hydrogens is 330 g/mol. The highest BCUT2D eigenvalue weighted by atomic mass is 79.9. The van der Waals surface area contributed by atoms with E-state index in [2.05, 4.69) is 38.3 Å². The molecule has 3 unspecified atom stereocenters. The van der Waals surface area contributed by atoms with Crippen LogP contribution in [0.5, 0.6) is 0 Å². The van der Waals surface area contributed by atoms with Gasteiger partial charge in [-0.1, -0.05) is 28.1 Å². The average molecular weight is 354 g/mol. The van der Waals surface area contributed by atoms with Gasteiger partial charge in [-0.15, -0.1) is 0 Å². The Labute approximate surface area is 135 Å². The lowest BCUT2D eigenvalue weighted by Gasteiger charge is -2.39. The van der Waals surface area contributed by atoms with E-state index in [0.717, 1.165) is 30.4 Å². The fourth-order valence-electron chi connectivity index (χ4n) is 3.18. The lowest BCUT2D eigenvalue weighted by molar-refractivity contribution is -0.126. The molecule has 3 N–H and O–H groups in total. The van der Waals surface area contributed by atoms with Gasteiger partial charge < -0.3 is 11.1 Å². The fraction of sp³-hybridized carbons (Fsp3) is 0.562. The summed E-state index contributed by atoms with van der Waals surface area (Å²) in [5, 5.41) is 2.77. The highest BCUT2D eigenvalue weighted by Gasteiger charge is 2.31. The maximum Gasteiger partial charge on any atom is 0.224 e. The standard InChI is InChI=1S/C16H24BrN3O/c1-11(18)15(12-5-7-14(17)8-6-12)20-9-3-4-13(10-20)16(21)19-2/h5-8,11,13,15H,3-4,9-10,18H2,1-2H3,(H,19,21). The van der Waals surface area contributed by atoms with Crippen LogP contribution in [0.25, 0.3) is 0 Å². The highest BCUT2D eigenvalue weighted by Crippen LogP contribution is 2.29. The van der Waals surface area contributed by atoms with Crippen molar-refractivity contribution in [1.29, 1.82) is 0 Å². The minimum atomic E-state index is 0.0228. The first-order valence-corrected chi connectivity index (χ1v) is 8.29. The minimum absolute atomic E-state index is 0.0228. The molecule has 21 heavy (non-hydrogen) atoms. The molecule has 0 spiro atoms. The maximum absolute atomic E-state index is 11.9. The summed E-state index contributed by atoms with van der Waals surface area (Å²) in [7, 11) is 1.71. The second kappa shape index (κ2) is 7.38. The molecule has 1 heterocycles. The van der Waals surface area contributed by atoms with Crippen molar-refractivity contribution in [3.63, 3.8) is 0 Å². The van der Waals surface area contributed by atoms with Crippen LogP contribution in [0.2, 0.25) is 0 Å². The largest absolute Gasteiger partial charge is 0.359 e. The SMILES string of the molecule is CNC(=O)C1CCCN(C(c2ccc(Br)cc2)C(C)N)C1. The molecule has 2 rings (SSSR count). The molecule has 3 atom stereocenters. The third-order valence-corrected chi connectivity index (χ3v) is 4.70. The van der Waals surface area contributed by atoms with Gasteiger partial charge in [0.05, 0.1) is 5.92 Å². The van der Waals surface area contributed by atoms with Crippen LogP contribution in [-0.4, -0.2) is 37.0 Å². The first kappa shape index (κ1) is 16.5. The Morgan fingerprint density at radius 1 is 1.43 bits per heavy atom. The summed E-state index contributed by atoms with van der Waals surface area (Å²) in [6.07, 6.45) is 2.00. The molecule has 1 aromatic rings. The van der Waals surface area contributed by atoms with E-state index in [0.29, 0.717) is 0 Å². The van der Waals surface area contributed by atoms with Crippen LogP contribution in [0.1, 0.15) is 31.4 Å². The second-order valence-electron chi connectivity index (χ2n) is 5.80. The number of nitrogens with one attached hydrogen (secondary N) is 1. The monoisotopic (exact) mass is 353 g/mol. The van der Waals surface area contributed by atoms with Crippen LogP contribution in [-0.2, 0) is 4.79 Å². The summed E-state index contributed by atoms with van der Waals surface area (Å²) in [6, 6.07) is 8.50. The van der Waals surface area contributed by atoms with Crippen molar-refractivity contribution in [2.24, 2.45) is 11.7 Å². The number of benzene rings is 1. The first-order chi connectivity index (χ1) is 10.0. The lowest BCUT2D eigenvalue weighted by atomic mass is 9.92. The summed E-state index contributed by atoms with van der Waals surface area (Å²) in [4.78, 5) is 14.3. The van der Waals surface area contributed by atoms with Crippen molar-refractivity contribution in [3.8, 4) is 0 Å². The van der Waals surface area contributed by atoms with Crippen molar-refractivity contribution in [2.75, 3.05) is 20.1 Å². The van der Waals surface area contributed by atoms with Crippen molar-refractivity contribution in [1.82, 2.24) is 10.2 Å². The molecular formula is C16H24BrN3O. The number of amides is 1. The summed E-state index contributed by atoms with van der Waals surface area (Å²) in [6.45, 7) is 3.81. The van der Waals surface area contributed by atoms with Crippen LogP contribution in [0.15, 0.2) is 28.7 Å². The first-order valence-electron chi connectivity index (χ1n) is 7.49. The Bertz CT molecular complexity index is 475. The Balaban J connectivity index is 2.18. The molecule has 0 saturated carbocycles. The van der Waals surface area contributed by atoms with Crippen molar-refractivity contribution >= 4 is 21.8 Å². The van der Waals surface area contributed by atoms with E-state index in [4.69, 9.17) is 5.73 Å². The number of carbonyl (C=O) groups is 1. The van der Waals surface area contributed by atoms with Crippen LogP contribution >= 0.6 is 15.9 Å². The molecule has 0 aromatic heterocycles. The predicted octanol–water partition coefficient (Wildman–Crippen LogP) is 2.30. The van der Waals surface area contributed by atoms with Gasteiger partial charge in [-0.05, 0) is 44.0 Å². The van der Waals surface area contributed by atoms with Crippen LogP contribution < -0.4 is 11.1 Å². The van der Waals surface area contributed by atoms with E-state index >= 15 is 0 Å². The van der Waals surface area contributed by atoms with E-state index in [1.54, 1.807) is 7.05 Å². The van der Waals surface area contributed by atoms with Gasteiger partial charge in [0.25, 0.3) is 0 Å². The number of nitrogens with two attached hydrogens (primary N) is 1. The van der Waals surface area contributed by atoms with E-state index in [9.17, 15) is 4.79 Å². The molecule has 1 saturated heterocycles. The number of piperidine rings is 1. The molecule has 1 aliphatic heterocycles. The number of rotatable bonds is 4. The van der Waals surface area contributed by atoms with Crippen molar-refractivity contribution < 1.29 is 4.79 Å². The number of carbonyl (C=O) groups excluding carboxylic acids is 1. The molecule has 1 aromatic carbocycles. The fourth-order valence-corrected chi connectivity index (χ4v) is 3.45. The Hall–Kier alpha value is -0.910. The Morgan fingerprint density at radius 2 is 2.10 bits per heavy atom. The van der Waals surface area contributed by atoms with E-state index in [-0.39, 0.29) is 23.9 Å². The van der Waals surface area contributed by atoms with Gasteiger partial charge in [-0.2, -0.15) is 0 Å². The number of hydrogen-bond acceptors (Lipinski definition) is 3. The van der Waals surface area contributed by atoms with Crippen molar-refractivity contribution in [3.05, 3.63) is 34.3 Å². The van der Waals surface area contributed by atoms with Crippen LogP contribution in [0, 0.1) is 5.92 Å². The van der Waals surface area contributed by atoms with Gasteiger partial charge in [0.1, 0.15) is 0 Å². The van der Waals surface area contributed by atoms with Crippen molar-refractivity contribution in [2.45, 2.75) is 31.8 Å². The third kappa shape index (κ3) is 4.05. The third-order valence-electron chi connectivity index (χ3n) is 4.17. The molecule has 1 amide bonds. The highest BCUT2D eigenvalue weighted by molar-refractivity contribution is 9.10. The smallest absolute Gasteiger partial charge is 0.224 e. The molecule has 1 aliphatic rings. The zero-order valence-corrected chi connectivity index (χ0v) is 14.3. The number of halogens is 1. The van der Waals surface area contributed by atoms with Crippen LogP contribution in [0.3, 0.4) is 0 Å². The van der Waals surface area contributed by atoms with E-state index in [1.807, 2.05) is 19.1 Å². The Morgan fingerprint density at radius 3 is 2.67 bits per heavy atom. The summed E-state index contributed by atoms with van der Waals surface area (Å²) in [5.74, 6) is 0.208. The van der Waals surface area contributed by atoms with Gasteiger partial charge in [0, 0.05) is 30.1 Å². The number of nitrogens with zero attached hydrogens (tertiary/aromatic N) is 1. The zero-order valence-electron chi connectivity index (χ0n) is 12.7. The predicted molar refractivity (Wildman–Crippen MR) is 88.9 cm³/mol. The average Bonchev–Trinajstić information content (AvgIpc) is 2.48. The topological polar surface area (TPSA) is 58.4 Å². The second-order valence-corrected chi connectivity index (χ2v) is 6.72. The van der Waals surface area contributed by atoms with E-state index < -0.39 is 0 Å². The lowest BCUT2D eigenvalue weighted by Crippen LogP contribution is -2.47.